The molecule has 0 aliphatic carbocycles. The standard InChI is InChI=1S/C17H19N3O2/c1-17(2,3)22-16(21)18-14-10-7-11-15(12-14)20-19-13-8-5-4-6-9-13/h4-12H,1-3H3,(H,18,21). The molecule has 5 heteroatoms. The second-order valence-corrected chi connectivity index (χ2v) is 5.71. The number of amides is 1. The number of azo groups is 1. The monoisotopic (exact) mass is 297 g/mol. The van der Waals surface area contributed by atoms with E-state index in [2.05, 4.69) is 15.5 Å². The summed E-state index contributed by atoms with van der Waals surface area (Å²) < 4.78 is 5.21. The summed E-state index contributed by atoms with van der Waals surface area (Å²) in [6.45, 7) is 5.45. The zero-order valence-electron chi connectivity index (χ0n) is 12.9. The SMILES string of the molecule is CC(C)(C)OC(=O)Nc1cccc(N=Nc2ccccc2)c1. The first-order chi connectivity index (χ1) is 10.4. The number of hydrogen-bond acceptors (Lipinski definition) is 4. The van der Waals surface area contributed by atoms with E-state index in [1.165, 1.54) is 0 Å². The van der Waals surface area contributed by atoms with Crippen LogP contribution in [0.2, 0.25) is 0 Å². The van der Waals surface area contributed by atoms with Crippen molar-refractivity contribution in [2.24, 2.45) is 10.2 Å². The quantitative estimate of drug-likeness (QED) is 0.766. The van der Waals surface area contributed by atoms with Crippen molar-refractivity contribution in [3.8, 4) is 0 Å². The zero-order chi connectivity index (χ0) is 16.0. The molecule has 2 aromatic carbocycles. The molecular formula is C17H19N3O2. The molecule has 0 saturated heterocycles. The van der Waals surface area contributed by atoms with Gasteiger partial charge in [0.15, 0.2) is 0 Å². The molecule has 0 unspecified atom stereocenters. The van der Waals surface area contributed by atoms with E-state index < -0.39 is 11.7 Å². The van der Waals surface area contributed by atoms with Gasteiger partial charge in [0.05, 0.1) is 11.4 Å². The van der Waals surface area contributed by atoms with Crippen LogP contribution in [0.5, 0.6) is 0 Å². The van der Waals surface area contributed by atoms with Crippen LogP contribution in [0.1, 0.15) is 20.8 Å². The summed E-state index contributed by atoms with van der Waals surface area (Å²) >= 11 is 0. The fourth-order valence-corrected chi connectivity index (χ4v) is 1.68. The van der Waals surface area contributed by atoms with Gasteiger partial charge in [-0.25, -0.2) is 4.79 Å². The van der Waals surface area contributed by atoms with Crippen molar-refractivity contribution in [3.05, 3.63) is 54.6 Å². The first kappa shape index (κ1) is 15.7. The van der Waals surface area contributed by atoms with Crippen molar-refractivity contribution in [1.82, 2.24) is 0 Å². The summed E-state index contributed by atoms with van der Waals surface area (Å²) in [7, 11) is 0. The molecule has 1 amide bonds. The van der Waals surface area contributed by atoms with Gasteiger partial charge in [-0.3, -0.25) is 5.32 Å². The Labute approximate surface area is 130 Å². The van der Waals surface area contributed by atoms with E-state index in [4.69, 9.17) is 4.74 Å². The van der Waals surface area contributed by atoms with Crippen molar-refractivity contribution in [1.29, 1.82) is 0 Å². The number of nitrogens with zero attached hydrogens (tertiary/aromatic N) is 2. The smallest absolute Gasteiger partial charge is 0.412 e. The van der Waals surface area contributed by atoms with Crippen LogP contribution in [0.25, 0.3) is 0 Å². The minimum Gasteiger partial charge on any atom is -0.444 e. The van der Waals surface area contributed by atoms with Gasteiger partial charge in [0.1, 0.15) is 5.60 Å². The third kappa shape index (κ3) is 5.36. The molecule has 0 aromatic heterocycles. The van der Waals surface area contributed by atoms with Crippen LogP contribution in [-0.4, -0.2) is 11.7 Å². The van der Waals surface area contributed by atoms with Crippen molar-refractivity contribution in [2.45, 2.75) is 26.4 Å². The molecule has 0 aliphatic heterocycles. The number of anilines is 1. The van der Waals surface area contributed by atoms with E-state index in [9.17, 15) is 4.79 Å². The summed E-state index contributed by atoms with van der Waals surface area (Å²) in [5.41, 5.74) is 1.50. The molecule has 0 spiro atoms. The second-order valence-electron chi connectivity index (χ2n) is 5.71. The average Bonchev–Trinajstić information content (AvgIpc) is 2.44. The molecule has 0 atom stereocenters. The van der Waals surface area contributed by atoms with Gasteiger partial charge in [0, 0.05) is 5.69 Å². The van der Waals surface area contributed by atoms with E-state index in [0.717, 1.165) is 5.69 Å². The number of carbonyl (C=O) groups is 1. The van der Waals surface area contributed by atoms with Crippen LogP contribution in [0.15, 0.2) is 64.8 Å². The Kier molecular flexibility index (Phi) is 4.88. The van der Waals surface area contributed by atoms with Crippen LogP contribution in [0.4, 0.5) is 21.9 Å². The molecule has 1 N–H and O–H groups in total. The number of rotatable bonds is 3. The molecule has 114 valence electrons. The van der Waals surface area contributed by atoms with Gasteiger partial charge in [0.25, 0.3) is 0 Å². The predicted molar refractivity (Wildman–Crippen MR) is 86.9 cm³/mol. The highest BCUT2D eigenvalue weighted by Crippen LogP contribution is 2.21. The second kappa shape index (κ2) is 6.85. The average molecular weight is 297 g/mol. The largest absolute Gasteiger partial charge is 0.444 e. The van der Waals surface area contributed by atoms with E-state index in [1.54, 1.807) is 18.2 Å². The number of ether oxygens (including phenoxy) is 1. The Morgan fingerprint density at radius 2 is 1.59 bits per heavy atom. The summed E-state index contributed by atoms with van der Waals surface area (Å²) in [6.07, 6.45) is -0.496. The number of carbonyl (C=O) groups excluding carboxylic acids is 1. The van der Waals surface area contributed by atoms with Gasteiger partial charge in [0.2, 0.25) is 0 Å². The highest BCUT2D eigenvalue weighted by molar-refractivity contribution is 5.85. The van der Waals surface area contributed by atoms with Crippen molar-refractivity contribution >= 4 is 23.2 Å². The molecule has 2 aromatic rings. The number of nitrogens with one attached hydrogen (secondary N) is 1. The molecule has 5 nitrogen and oxygen atoms in total. The Bertz CT molecular complexity index is 661. The third-order valence-corrected chi connectivity index (χ3v) is 2.53. The van der Waals surface area contributed by atoms with Gasteiger partial charge in [-0.05, 0) is 51.1 Å². The summed E-state index contributed by atoms with van der Waals surface area (Å²) in [4.78, 5) is 11.7. The first-order valence-corrected chi connectivity index (χ1v) is 6.99. The lowest BCUT2D eigenvalue weighted by Gasteiger charge is -2.19. The van der Waals surface area contributed by atoms with Crippen LogP contribution < -0.4 is 5.32 Å². The minimum atomic E-state index is -0.533. The topological polar surface area (TPSA) is 63.0 Å². The zero-order valence-corrected chi connectivity index (χ0v) is 12.9. The Morgan fingerprint density at radius 1 is 0.955 bits per heavy atom. The van der Waals surface area contributed by atoms with Gasteiger partial charge < -0.3 is 4.74 Å². The van der Waals surface area contributed by atoms with Gasteiger partial charge in [-0.15, -0.1) is 0 Å². The molecule has 22 heavy (non-hydrogen) atoms. The Balaban J connectivity index is 2.04. The number of hydrogen-bond donors (Lipinski definition) is 1. The molecular weight excluding hydrogens is 278 g/mol. The summed E-state index contributed by atoms with van der Waals surface area (Å²) in [6, 6.07) is 16.6. The summed E-state index contributed by atoms with van der Waals surface area (Å²) in [5.74, 6) is 0. The maximum atomic E-state index is 11.7. The van der Waals surface area contributed by atoms with Gasteiger partial charge in [-0.2, -0.15) is 10.2 Å². The van der Waals surface area contributed by atoms with Gasteiger partial charge in [-0.1, -0.05) is 24.3 Å². The van der Waals surface area contributed by atoms with Crippen LogP contribution in [0, 0.1) is 0 Å². The van der Waals surface area contributed by atoms with Crippen molar-refractivity contribution in [2.75, 3.05) is 5.32 Å². The summed E-state index contributed by atoms with van der Waals surface area (Å²) in [5, 5.41) is 11.0. The third-order valence-electron chi connectivity index (χ3n) is 2.53. The predicted octanol–water partition coefficient (Wildman–Crippen LogP) is 5.45. The van der Waals surface area contributed by atoms with E-state index in [0.29, 0.717) is 11.4 Å². The Hall–Kier alpha value is -2.69. The van der Waals surface area contributed by atoms with Crippen LogP contribution >= 0.6 is 0 Å². The van der Waals surface area contributed by atoms with Crippen LogP contribution in [-0.2, 0) is 4.74 Å². The Morgan fingerprint density at radius 3 is 2.27 bits per heavy atom. The minimum absolute atomic E-state index is 0.496. The highest BCUT2D eigenvalue weighted by Gasteiger charge is 2.16. The maximum absolute atomic E-state index is 11.7. The lowest BCUT2D eigenvalue weighted by atomic mass is 10.2. The molecule has 0 fully saturated rings. The van der Waals surface area contributed by atoms with E-state index in [-0.39, 0.29) is 0 Å². The van der Waals surface area contributed by atoms with E-state index in [1.807, 2.05) is 57.2 Å². The van der Waals surface area contributed by atoms with E-state index >= 15 is 0 Å². The fraction of sp³-hybridized carbons (Fsp3) is 0.235. The lowest BCUT2D eigenvalue weighted by Crippen LogP contribution is -2.27. The molecule has 2 rings (SSSR count). The van der Waals surface area contributed by atoms with Crippen molar-refractivity contribution in [3.63, 3.8) is 0 Å². The highest BCUT2D eigenvalue weighted by atomic mass is 16.6. The molecule has 0 radical (unpaired) electrons. The molecule has 0 bridgehead atoms. The molecule has 0 aliphatic rings. The molecule has 0 heterocycles. The first-order valence-electron chi connectivity index (χ1n) is 6.99. The number of benzene rings is 2. The molecule has 0 saturated carbocycles. The maximum Gasteiger partial charge on any atom is 0.412 e. The van der Waals surface area contributed by atoms with Crippen LogP contribution in [0.3, 0.4) is 0 Å². The van der Waals surface area contributed by atoms with Gasteiger partial charge >= 0.3 is 6.09 Å². The lowest BCUT2D eigenvalue weighted by molar-refractivity contribution is 0.0636. The van der Waals surface area contributed by atoms with Crippen molar-refractivity contribution < 1.29 is 9.53 Å². The normalized spacial score (nSPS) is 11.4. The fourth-order valence-electron chi connectivity index (χ4n) is 1.68.